The first kappa shape index (κ1) is 6.95. The third-order valence-electron chi connectivity index (χ3n) is 1.38. The van der Waals surface area contributed by atoms with Gasteiger partial charge in [0, 0.05) is 6.42 Å². The van der Waals surface area contributed by atoms with Crippen LogP contribution in [0.2, 0.25) is 0 Å². The molecule has 1 heterocycles. The zero-order valence-corrected chi connectivity index (χ0v) is 4.90. The predicted octanol–water partition coefficient (Wildman–Crippen LogP) is -1.44. The average Bonchev–Trinajstić information content (AvgIpc) is 2.10. The number of rotatable bonds is 1. The van der Waals surface area contributed by atoms with Crippen molar-refractivity contribution in [1.82, 2.24) is 0 Å². The van der Waals surface area contributed by atoms with Crippen LogP contribution < -0.4 is 0 Å². The highest BCUT2D eigenvalue weighted by Crippen LogP contribution is 2.17. The molecule has 4 nitrogen and oxygen atoms in total. The first-order valence-electron chi connectivity index (χ1n) is 2.86. The molecule has 1 saturated heterocycles. The molecule has 1 aliphatic rings. The zero-order valence-electron chi connectivity index (χ0n) is 5.90. The maximum absolute atomic E-state index is 8.91. The SMILES string of the molecule is OC[C@H]1O[C@H](O)C[C@@H]1O.[H+]. The zero-order chi connectivity index (χ0) is 6.85. The van der Waals surface area contributed by atoms with Gasteiger partial charge in [-0.3, -0.25) is 0 Å². The summed E-state index contributed by atoms with van der Waals surface area (Å²) in [6, 6.07) is 0. The molecule has 4 heteroatoms. The van der Waals surface area contributed by atoms with Crippen molar-refractivity contribution in [3.63, 3.8) is 0 Å². The standard InChI is InChI=1S/C5H10O4/c6-2-4-3(7)1-5(8)9-4/h3-8H,1-2H2/p+1/t3-,4+,5-/m0/s1. The fraction of sp³-hybridized carbons (Fsp3) is 1.00. The summed E-state index contributed by atoms with van der Waals surface area (Å²) < 4.78 is 4.68. The molecule has 3 atom stereocenters. The maximum atomic E-state index is 8.91. The highest BCUT2D eigenvalue weighted by atomic mass is 16.6. The summed E-state index contributed by atoms with van der Waals surface area (Å²) in [4.78, 5) is 0. The van der Waals surface area contributed by atoms with Gasteiger partial charge in [0.1, 0.15) is 6.10 Å². The van der Waals surface area contributed by atoms with Gasteiger partial charge in [0.25, 0.3) is 0 Å². The van der Waals surface area contributed by atoms with Gasteiger partial charge in [-0.05, 0) is 0 Å². The van der Waals surface area contributed by atoms with Crippen molar-refractivity contribution in [2.45, 2.75) is 24.9 Å². The minimum Gasteiger partial charge on any atom is -0.394 e. The van der Waals surface area contributed by atoms with Crippen molar-refractivity contribution < 1.29 is 21.5 Å². The van der Waals surface area contributed by atoms with Crippen molar-refractivity contribution in [3.8, 4) is 0 Å². The molecule has 0 saturated carbocycles. The molecule has 9 heavy (non-hydrogen) atoms. The Morgan fingerprint density at radius 2 is 2.22 bits per heavy atom. The van der Waals surface area contributed by atoms with Crippen molar-refractivity contribution >= 4 is 0 Å². The average molecular weight is 135 g/mol. The van der Waals surface area contributed by atoms with Gasteiger partial charge in [0.15, 0.2) is 6.29 Å². The summed E-state index contributed by atoms with van der Waals surface area (Å²) in [6.07, 6.45) is -2.02. The molecule has 1 rings (SSSR count). The third-order valence-corrected chi connectivity index (χ3v) is 1.38. The topological polar surface area (TPSA) is 69.9 Å². The Morgan fingerprint density at radius 3 is 2.44 bits per heavy atom. The van der Waals surface area contributed by atoms with Gasteiger partial charge < -0.3 is 20.1 Å². The largest absolute Gasteiger partial charge is 1.00 e. The summed E-state index contributed by atoms with van der Waals surface area (Å²) in [5, 5.41) is 26.1. The molecule has 0 radical (unpaired) electrons. The lowest BCUT2D eigenvalue weighted by molar-refractivity contribution is -0.107. The molecule has 0 aliphatic carbocycles. The molecule has 0 aromatic heterocycles. The van der Waals surface area contributed by atoms with Crippen molar-refractivity contribution in [1.29, 1.82) is 0 Å². The van der Waals surface area contributed by atoms with Crippen LogP contribution in [0.3, 0.4) is 0 Å². The molecule has 3 N–H and O–H groups in total. The van der Waals surface area contributed by atoms with E-state index in [1.54, 1.807) is 0 Å². The molecule has 0 aromatic carbocycles. The molecule has 54 valence electrons. The van der Waals surface area contributed by atoms with Crippen LogP contribution in [-0.2, 0) is 4.74 Å². The van der Waals surface area contributed by atoms with E-state index < -0.39 is 18.5 Å². The van der Waals surface area contributed by atoms with Gasteiger partial charge in [0.2, 0.25) is 0 Å². The molecular weight excluding hydrogens is 124 g/mol. The molecule has 0 amide bonds. The molecule has 0 spiro atoms. The van der Waals surface area contributed by atoms with Crippen molar-refractivity contribution in [3.05, 3.63) is 0 Å². The lowest BCUT2D eigenvalue weighted by Gasteiger charge is -2.08. The van der Waals surface area contributed by atoms with E-state index in [-0.39, 0.29) is 14.5 Å². The minimum atomic E-state index is -0.905. The number of hydrogen-bond acceptors (Lipinski definition) is 4. The van der Waals surface area contributed by atoms with Crippen LogP contribution in [-0.4, -0.2) is 40.4 Å². The Labute approximate surface area is 54.2 Å². The van der Waals surface area contributed by atoms with Crippen LogP contribution in [0.25, 0.3) is 0 Å². The van der Waals surface area contributed by atoms with E-state index in [1.807, 2.05) is 0 Å². The van der Waals surface area contributed by atoms with Crippen LogP contribution in [0, 0.1) is 0 Å². The quantitative estimate of drug-likeness (QED) is 0.412. The molecule has 0 aromatic rings. The maximum Gasteiger partial charge on any atom is 1.00 e. The van der Waals surface area contributed by atoms with Gasteiger partial charge in [-0.25, -0.2) is 0 Å². The monoisotopic (exact) mass is 135 g/mol. The summed E-state index contributed by atoms with van der Waals surface area (Å²) in [5.41, 5.74) is 0. The van der Waals surface area contributed by atoms with Gasteiger partial charge in [0.05, 0.1) is 12.7 Å². The normalized spacial score (nSPS) is 43.7. The van der Waals surface area contributed by atoms with Crippen LogP contribution in [0.1, 0.15) is 7.85 Å². The van der Waals surface area contributed by atoms with E-state index in [0.717, 1.165) is 0 Å². The molecule has 1 fully saturated rings. The molecule has 0 unspecified atom stereocenters. The molecule has 0 bridgehead atoms. The number of ether oxygens (including phenoxy) is 1. The Morgan fingerprint density at radius 1 is 1.56 bits per heavy atom. The van der Waals surface area contributed by atoms with E-state index >= 15 is 0 Å². The Bertz CT molecular complexity index is 99.6. The van der Waals surface area contributed by atoms with Gasteiger partial charge in [-0.1, -0.05) is 0 Å². The van der Waals surface area contributed by atoms with Gasteiger partial charge in [-0.2, -0.15) is 0 Å². The third kappa shape index (κ3) is 1.40. The number of aliphatic hydroxyl groups excluding tert-OH is 3. The van der Waals surface area contributed by atoms with Crippen LogP contribution in [0.4, 0.5) is 0 Å². The fourth-order valence-electron chi connectivity index (χ4n) is 0.871. The molecule has 1 aliphatic heterocycles. The lowest BCUT2D eigenvalue weighted by Crippen LogP contribution is -2.24. The minimum absolute atomic E-state index is 0. The fourth-order valence-corrected chi connectivity index (χ4v) is 0.871. The Balaban J connectivity index is 0.000000810. The predicted molar refractivity (Wildman–Crippen MR) is 29.7 cm³/mol. The summed E-state index contributed by atoms with van der Waals surface area (Å²) in [5.74, 6) is 0. The van der Waals surface area contributed by atoms with Crippen molar-refractivity contribution in [2.24, 2.45) is 0 Å². The molecular formula is C5H11O4+. The summed E-state index contributed by atoms with van der Waals surface area (Å²) in [7, 11) is 0. The second-order valence-electron chi connectivity index (χ2n) is 2.11. The second kappa shape index (κ2) is 2.62. The Hall–Kier alpha value is -0.160. The van der Waals surface area contributed by atoms with E-state index in [2.05, 4.69) is 4.74 Å². The highest BCUT2D eigenvalue weighted by Gasteiger charge is 2.31. The van der Waals surface area contributed by atoms with E-state index in [9.17, 15) is 0 Å². The van der Waals surface area contributed by atoms with E-state index in [0.29, 0.717) is 0 Å². The first-order chi connectivity index (χ1) is 4.24. The number of hydrogen-bond donors (Lipinski definition) is 3. The Kier molecular flexibility index (Phi) is 2.02. The summed E-state index contributed by atoms with van der Waals surface area (Å²) in [6.45, 7) is -0.238. The highest BCUT2D eigenvalue weighted by molar-refractivity contribution is 4.75. The van der Waals surface area contributed by atoms with Crippen LogP contribution >= 0.6 is 0 Å². The van der Waals surface area contributed by atoms with Gasteiger partial charge >= 0.3 is 1.43 Å². The number of aliphatic hydroxyl groups is 3. The second-order valence-corrected chi connectivity index (χ2v) is 2.11. The summed E-state index contributed by atoms with van der Waals surface area (Å²) >= 11 is 0. The smallest absolute Gasteiger partial charge is 0.394 e. The first-order valence-corrected chi connectivity index (χ1v) is 2.86. The van der Waals surface area contributed by atoms with Gasteiger partial charge in [-0.15, -0.1) is 0 Å². The van der Waals surface area contributed by atoms with E-state index in [1.165, 1.54) is 0 Å². The van der Waals surface area contributed by atoms with Crippen LogP contribution in [0.5, 0.6) is 0 Å². The van der Waals surface area contributed by atoms with Crippen molar-refractivity contribution in [2.75, 3.05) is 6.61 Å². The lowest BCUT2D eigenvalue weighted by atomic mass is 10.2. The van der Waals surface area contributed by atoms with E-state index in [4.69, 9.17) is 15.3 Å². The van der Waals surface area contributed by atoms with Crippen LogP contribution in [0.15, 0.2) is 0 Å².